The molecule has 1 heterocycles. The average Bonchev–Trinajstić information content (AvgIpc) is 2.25. The molecule has 0 bridgehead atoms. The number of nitrogens with two attached hydrogens (primary N) is 1. The maximum Gasteiger partial charge on any atom is 0.332 e. The molecule has 1 atom stereocenters. The van der Waals surface area contributed by atoms with Gasteiger partial charge in [0.15, 0.2) is 0 Å². The molecule has 3 N–H and O–H groups in total. The van der Waals surface area contributed by atoms with Crippen LogP contribution < -0.4 is 10.8 Å². The fraction of sp³-hybridized carbons (Fsp3) is 0.375. The molecule has 15 heavy (non-hydrogen) atoms. The minimum absolute atomic E-state index is 0.0518. The van der Waals surface area contributed by atoms with E-state index in [4.69, 9.17) is 5.73 Å². The molecule has 0 saturated heterocycles. The van der Waals surface area contributed by atoms with Crippen molar-refractivity contribution < 1.29 is 9.99 Å². The van der Waals surface area contributed by atoms with Gasteiger partial charge in [-0.05, 0) is 6.54 Å². The topological polar surface area (TPSA) is 110 Å². The zero-order valence-electron chi connectivity index (χ0n) is 8.05. The monoisotopic (exact) mass is 212 g/mol. The van der Waals surface area contributed by atoms with Crippen molar-refractivity contribution in [3.8, 4) is 0 Å². The number of hydrogen-bond acceptors (Lipinski definition) is 5. The first-order valence-electron chi connectivity index (χ1n) is 4.48. The number of nitrogens with zero attached hydrogens (tertiary/aromatic N) is 2. The van der Waals surface area contributed by atoms with Crippen LogP contribution in [0.1, 0.15) is 6.42 Å². The number of hydroxylamine groups is 1. The van der Waals surface area contributed by atoms with Crippen LogP contribution in [0.2, 0.25) is 0 Å². The molecule has 0 fully saturated rings. The minimum atomic E-state index is -0.586. The number of quaternary nitrogens is 1. The summed E-state index contributed by atoms with van der Waals surface area (Å²) < 4.78 is 0. The number of pyridine rings is 1. The third-order valence-corrected chi connectivity index (χ3v) is 1.90. The van der Waals surface area contributed by atoms with Gasteiger partial charge in [-0.2, -0.15) is 0 Å². The molecular formula is C8H12N4O3. The molecule has 7 nitrogen and oxygen atoms in total. The quantitative estimate of drug-likeness (QED) is 0.498. The molecule has 82 valence electrons. The Morgan fingerprint density at radius 1 is 1.60 bits per heavy atom. The van der Waals surface area contributed by atoms with E-state index >= 15 is 0 Å². The highest BCUT2D eigenvalue weighted by molar-refractivity contribution is 5.49. The highest BCUT2D eigenvalue weighted by Crippen LogP contribution is 2.17. The maximum absolute atomic E-state index is 11.5. The van der Waals surface area contributed by atoms with Crippen LogP contribution >= 0.6 is 0 Å². The number of nitrogens with one attached hydrogen (secondary N) is 1. The van der Waals surface area contributed by atoms with Gasteiger partial charge in [0.1, 0.15) is 0 Å². The molecule has 0 aliphatic rings. The Morgan fingerprint density at radius 2 is 2.33 bits per heavy atom. The van der Waals surface area contributed by atoms with Gasteiger partial charge in [0.25, 0.3) is 0 Å². The highest BCUT2D eigenvalue weighted by Gasteiger charge is 2.18. The van der Waals surface area contributed by atoms with E-state index in [2.05, 4.69) is 4.98 Å². The van der Waals surface area contributed by atoms with E-state index in [1.807, 2.05) is 0 Å². The summed E-state index contributed by atoms with van der Waals surface area (Å²) >= 11 is 0. The Hall–Kier alpha value is -1.57. The lowest BCUT2D eigenvalue weighted by atomic mass is 10.3. The fourth-order valence-corrected chi connectivity index (χ4v) is 1.16. The number of nitro groups is 1. The highest BCUT2D eigenvalue weighted by atomic mass is 16.6. The summed E-state index contributed by atoms with van der Waals surface area (Å²) in [5, 5.41) is 21.8. The van der Waals surface area contributed by atoms with Crippen LogP contribution in [-0.2, 0) is 0 Å². The largest absolute Gasteiger partial charge is 0.629 e. The normalized spacial score (nSPS) is 12.4. The Bertz CT molecular complexity index is 344. The van der Waals surface area contributed by atoms with E-state index in [9.17, 15) is 15.3 Å². The van der Waals surface area contributed by atoms with Crippen LogP contribution in [0.3, 0.4) is 0 Å². The van der Waals surface area contributed by atoms with Crippen molar-refractivity contribution in [1.82, 2.24) is 4.98 Å². The molecule has 1 unspecified atom stereocenters. The van der Waals surface area contributed by atoms with Gasteiger partial charge in [0, 0.05) is 18.7 Å². The van der Waals surface area contributed by atoms with Gasteiger partial charge in [-0.3, -0.25) is 15.1 Å². The average molecular weight is 212 g/mol. The first kappa shape index (κ1) is 11.5. The van der Waals surface area contributed by atoms with Crippen molar-refractivity contribution in [3.05, 3.63) is 33.8 Å². The minimum Gasteiger partial charge on any atom is -0.629 e. The molecule has 0 aliphatic carbocycles. The summed E-state index contributed by atoms with van der Waals surface area (Å²) in [6.45, 7) is 0.600. The van der Waals surface area contributed by atoms with Crippen molar-refractivity contribution in [3.63, 3.8) is 0 Å². The second-order valence-corrected chi connectivity index (χ2v) is 2.97. The smallest absolute Gasteiger partial charge is 0.332 e. The third-order valence-electron chi connectivity index (χ3n) is 1.90. The van der Waals surface area contributed by atoms with Gasteiger partial charge < -0.3 is 16.0 Å². The van der Waals surface area contributed by atoms with E-state index in [-0.39, 0.29) is 23.0 Å². The molecule has 0 aromatic carbocycles. The van der Waals surface area contributed by atoms with E-state index in [1.165, 1.54) is 18.5 Å². The van der Waals surface area contributed by atoms with E-state index in [1.54, 1.807) is 0 Å². The molecule has 0 saturated carbocycles. The van der Waals surface area contributed by atoms with Gasteiger partial charge in [-0.15, -0.1) is 0 Å². The molecule has 0 amide bonds. The van der Waals surface area contributed by atoms with E-state index in [0.29, 0.717) is 13.0 Å². The number of rotatable bonds is 5. The second-order valence-electron chi connectivity index (χ2n) is 2.97. The molecule has 1 rings (SSSR count). The lowest BCUT2D eigenvalue weighted by Crippen LogP contribution is -3.02. The Labute approximate surface area is 86.2 Å². The second kappa shape index (κ2) is 5.35. The Balaban J connectivity index is 2.87. The maximum atomic E-state index is 11.5. The van der Waals surface area contributed by atoms with Gasteiger partial charge in [-0.25, -0.2) is 0 Å². The molecule has 1 aromatic rings. The molecular weight excluding hydrogens is 200 g/mol. The van der Waals surface area contributed by atoms with Crippen LogP contribution in [0.15, 0.2) is 18.5 Å². The number of hydrogen-bond donors (Lipinski definition) is 2. The van der Waals surface area contributed by atoms with Gasteiger partial charge in [0.05, 0.1) is 17.7 Å². The summed E-state index contributed by atoms with van der Waals surface area (Å²) in [7, 11) is 0. The lowest BCUT2D eigenvalue weighted by molar-refractivity contribution is -0.778. The molecule has 1 aromatic heterocycles. The van der Waals surface area contributed by atoms with Gasteiger partial charge in [0.2, 0.25) is 5.69 Å². The standard InChI is InChI=1S/C8H12N4O3/c9-3-1-5-11(13)8-6-10-4-2-7(8)12(14)15/h2,4,6,11H,1,3,5,9H2. The predicted molar refractivity (Wildman–Crippen MR) is 53.4 cm³/mol. The van der Waals surface area contributed by atoms with Crippen molar-refractivity contribution >= 4 is 11.4 Å². The van der Waals surface area contributed by atoms with Crippen molar-refractivity contribution in [1.29, 1.82) is 0 Å². The van der Waals surface area contributed by atoms with Crippen molar-refractivity contribution in [2.45, 2.75) is 6.42 Å². The summed E-state index contributed by atoms with van der Waals surface area (Å²) in [5.74, 6) is 0. The molecule has 0 aliphatic heterocycles. The fourth-order valence-electron chi connectivity index (χ4n) is 1.16. The van der Waals surface area contributed by atoms with E-state index in [0.717, 1.165) is 0 Å². The Morgan fingerprint density at radius 3 is 2.93 bits per heavy atom. The van der Waals surface area contributed by atoms with Gasteiger partial charge >= 0.3 is 5.69 Å². The van der Waals surface area contributed by atoms with Crippen LogP contribution in [-0.4, -0.2) is 23.0 Å². The summed E-state index contributed by atoms with van der Waals surface area (Å²) in [6, 6.07) is 1.22. The molecule has 7 heteroatoms. The SMILES string of the molecule is NCCC[NH+]([O-])c1cnccc1[N+](=O)[O-]. The van der Waals surface area contributed by atoms with Crippen LogP contribution in [0.25, 0.3) is 0 Å². The third kappa shape index (κ3) is 2.94. The zero-order valence-corrected chi connectivity index (χ0v) is 8.05. The Kier molecular flexibility index (Phi) is 4.10. The van der Waals surface area contributed by atoms with Crippen LogP contribution in [0.4, 0.5) is 11.4 Å². The first-order valence-corrected chi connectivity index (χ1v) is 4.48. The van der Waals surface area contributed by atoms with Crippen LogP contribution in [0.5, 0.6) is 0 Å². The number of aromatic nitrogens is 1. The van der Waals surface area contributed by atoms with Gasteiger partial charge in [-0.1, -0.05) is 0 Å². The van der Waals surface area contributed by atoms with Crippen molar-refractivity contribution in [2.24, 2.45) is 5.73 Å². The summed E-state index contributed by atoms with van der Waals surface area (Å²) in [4.78, 5) is 13.7. The summed E-state index contributed by atoms with van der Waals surface area (Å²) in [6.07, 6.45) is 3.03. The zero-order chi connectivity index (χ0) is 11.3. The molecule has 0 radical (unpaired) electrons. The first-order chi connectivity index (χ1) is 7.16. The molecule has 0 spiro atoms. The lowest BCUT2D eigenvalue weighted by Gasteiger charge is -2.20. The predicted octanol–water partition coefficient (Wildman–Crippen LogP) is -0.647. The van der Waals surface area contributed by atoms with Crippen molar-refractivity contribution in [2.75, 3.05) is 13.1 Å². The summed E-state index contributed by atoms with van der Waals surface area (Å²) in [5.41, 5.74) is 5.10. The van der Waals surface area contributed by atoms with Crippen LogP contribution in [0, 0.1) is 15.3 Å². The van der Waals surface area contributed by atoms with E-state index < -0.39 is 4.92 Å².